The lowest BCUT2D eigenvalue weighted by Gasteiger charge is -2.21. The zero-order valence-corrected chi connectivity index (χ0v) is 14.2. The topological polar surface area (TPSA) is 54.9 Å². The molecular weight excluding hydrogens is 321 g/mol. The second-order valence-corrected chi connectivity index (χ2v) is 6.80. The van der Waals surface area contributed by atoms with E-state index in [4.69, 9.17) is 23.2 Å². The Morgan fingerprint density at radius 3 is 2.64 bits per heavy atom. The van der Waals surface area contributed by atoms with E-state index in [9.17, 15) is 4.79 Å². The van der Waals surface area contributed by atoms with Crippen LogP contribution in [-0.4, -0.2) is 15.9 Å². The van der Waals surface area contributed by atoms with Crippen molar-refractivity contribution in [2.24, 2.45) is 0 Å². The van der Waals surface area contributed by atoms with Gasteiger partial charge in [0.15, 0.2) is 0 Å². The van der Waals surface area contributed by atoms with E-state index in [1.165, 1.54) is 6.33 Å². The Balaban J connectivity index is 2.15. The largest absolute Gasteiger partial charge is 0.348 e. The van der Waals surface area contributed by atoms with Crippen molar-refractivity contribution >= 4 is 29.1 Å². The molecule has 116 valence electrons. The second kappa shape index (κ2) is 6.63. The number of nitrogens with zero attached hydrogens (tertiary/aromatic N) is 2. The van der Waals surface area contributed by atoms with Crippen molar-refractivity contribution in [1.29, 1.82) is 0 Å². The van der Waals surface area contributed by atoms with Gasteiger partial charge in [0.25, 0.3) is 5.91 Å². The van der Waals surface area contributed by atoms with Gasteiger partial charge in [-0.1, -0.05) is 44.0 Å². The van der Waals surface area contributed by atoms with Crippen molar-refractivity contribution in [1.82, 2.24) is 15.3 Å². The summed E-state index contributed by atoms with van der Waals surface area (Å²) in [6.45, 7) is 6.54. The fraction of sp³-hybridized carbons (Fsp3) is 0.312. The quantitative estimate of drug-likeness (QED) is 0.920. The number of hydrogen-bond acceptors (Lipinski definition) is 3. The third-order valence-corrected chi connectivity index (χ3v) is 3.66. The lowest BCUT2D eigenvalue weighted by atomic mass is 9.89. The Morgan fingerprint density at radius 1 is 1.27 bits per heavy atom. The Labute approximate surface area is 139 Å². The van der Waals surface area contributed by atoms with E-state index in [1.54, 1.807) is 24.4 Å². The number of rotatable bonds is 3. The fourth-order valence-corrected chi connectivity index (χ4v) is 2.60. The van der Waals surface area contributed by atoms with Crippen LogP contribution in [0.25, 0.3) is 0 Å². The smallest absolute Gasteiger partial charge is 0.253 e. The summed E-state index contributed by atoms with van der Waals surface area (Å²) < 4.78 is 0. The molecule has 0 aliphatic carbocycles. The second-order valence-electron chi connectivity index (χ2n) is 5.95. The minimum Gasteiger partial charge on any atom is -0.348 e. The van der Waals surface area contributed by atoms with Crippen LogP contribution < -0.4 is 5.32 Å². The van der Waals surface area contributed by atoms with Gasteiger partial charge in [0.05, 0.1) is 16.3 Å². The van der Waals surface area contributed by atoms with Crippen molar-refractivity contribution in [3.63, 3.8) is 0 Å². The van der Waals surface area contributed by atoms with Gasteiger partial charge in [-0.25, -0.2) is 9.97 Å². The van der Waals surface area contributed by atoms with Crippen molar-refractivity contribution < 1.29 is 4.79 Å². The summed E-state index contributed by atoms with van der Waals surface area (Å²) in [5.74, 6) is -0.259. The number of carbonyl (C=O) groups excluding carboxylic acids is 1. The average Bonchev–Trinajstić information content (AvgIpc) is 2.44. The number of nitrogens with one attached hydrogen (secondary N) is 1. The molecule has 0 aliphatic heterocycles. The van der Waals surface area contributed by atoms with E-state index < -0.39 is 0 Å². The number of carbonyl (C=O) groups is 1. The summed E-state index contributed by atoms with van der Waals surface area (Å²) in [6.07, 6.45) is 3.24. The van der Waals surface area contributed by atoms with Crippen molar-refractivity contribution in [2.75, 3.05) is 0 Å². The van der Waals surface area contributed by atoms with Crippen molar-refractivity contribution in [2.45, 2.75) is 32.7 Å². The maximum atomic E-state index is 12.2. The molecule has 0 unspecified atom stereocenters. The fourth-order valence-electron chi connectivity index (χ4n) is 2.11. The SMILES string of the molecule is CC(C)(C)c1ncncc1CNC(=O)c1ccc(Cl)cc1Cl. The summed E-state index contributed by atoms with van der Waals surface area (Å²) in [5.41, 5.74) is 2.06. The Hall–Kier alpha value is -1.65. The van der Waals surface area contributed by atoms with Gasteiger partial charge in [0.1, 0.15) is 6.33 Å². The summed E-state index contributed by atoms with van der Waals surface area (Å²) >= 11 is 11.9. The number of halogens is 2. The zero-order valence-electron chi connectivity index (χ0n) is 12.7. The maximum Gasteiger partial charge on any atom is 0.253 e. The number of aromatic nitrogens is 2. The first-order chi connectivity index (χ1) is 10.3. The molecule has 2 aromatic rings. The summed E-state index contributed by atoms with van der Waals surface area (Å²) in [4.78, 5) is 20.6. The van der Waals surface area contributed by atoms with Gasteiger partial charge < -0.3 is 5.32 Å². The third kappa shape index (κ3) is 3.96. The maximum absolute atomic E-state index is 12.2. The minimum absolute atomic E-state index is 0.124. The molecule has 0 radical (unpaired) electrons. The van der Waals surface area contributed by atoms with E-state index in [0.29, 0.717) is 22.2 Å². The van der Waals surface area contributed by atoms with Crippen LogP contribution in [0.15, 0.2) is 30.7 Å². The van der Waals surface area contributed by atoms with Crippen molar-refractivity contribution in [3.8, 4) is 0 Å². The molecular formula is C16H17Cl2N3O. The van der Waals surface area contributed by atoms with Crippen LogP contribution in [0.4, 0.5) is 0 Å². The lowest BCUT2D eigenvalue weighted by Crippen LogP contribution is -2.26. The molecule has 0 spiro atoms. The van der Waals surface area contributed by atoms with E-state index >= 15 is 0 Å². The molecule has 1 aromatic heterocycles. The van der Waals surface area contributed by atoms with E-state index in [-0.39, 0.29) is 11.3 Å². The summed E-state index contributed by atoms with van der Waals surface area (Å²) in [5, 5.41) is 3.66. The molecule has 4 nitrogen and oxygen atoms in total. The van der Waals surface area contributed by atoms with E-state index in [2.05, 4.69) is 36.1 Å². The molecule has 0 bridgehead atoms. The van der Waals surface area contributed by atoms with Crippen molar-refractivity contribution in [3.05, 3.63) is 57.6 Å². The highest BCUT2D eigenvalue weighted by Crippen LogP contribution is 2.23. The molecule has 22 heavy (non-hydrogen) atoms. The van der Waals surface area contributed by atoms with Gasteiger partial charge in [-0.15, -0.1) is 0 Å². The molecule has 0 aliphatic rings. The van der Waals surface area contributed by atoms with Gasteiger partial charge in [0.2, 0.25) is 0 Å². The molecule has 0 fully saturated rings. The average molecular weight is 338 g/mol. The molecule has 1 aromatic carbocycles. The predicted octanol–water partition coefficient (Wildman–Crippen LogP) is 4.01. The Bertz CT molecular complexity index is 696. The van der Waals surface area contributed by atoms with Crippen LogP contribution in [0, 0.1) is 0 Å². The van der Waals surface area contributed by atoms with Gasteiger partial charge in [-0.3, -0.25) is 4.79 Å². The van der Waals surface area contributed by atoms with Crippen LogP contribution in [0.3, 0.4) is 0 Å². The highest BCUT2D eigenvalue weighted by atomic mass is 35.5. The molecule has 1 heterocycles. The van der Waals surface area contributed by atoms with Crippen LogP contribution in [0.1, 0.15) is 42.4 Å². The van der Waals surface area contributed by atoms with E-state index in [1.807, 2.05) is 0 Å². The molecule has 2 rings (SSSR count). The summed E-state index contributed by atoms with van der Waals surface area (Å²) in [7, 11) is 0. The first kappa shape index (κ1) is 16.7. The van der Waals surface area contributed by atoms with Gasteiger partial charge in [-0.05, 0) is 18.2 Å². The molecule has 1 N–H and O–H groups in total. The molecule has 0 saturated heterocycles. The monoisotopic (exact) mass is 337 g/mol. The Morgan fingerprint density at radius 2 is 2.00 bits per heavy atom. The predicted molar refractivity (Wildman–Crippen MR) is 88.4 cm³/mol. The highest BCUT2D eigenvalue weighted by Gasteiger charge is 2.20. The van der Waals surface area contributed by atoms with Gasteiger partial charge in [0, 0.05) is 28.7 Å². The normalized spacial score (nSPS) is 11.3. The minimum atomic E-state index is -0.259. The van der Waals surface area contributed by atoms with Crippen LogP contribution in [-0.2, 0) is 12.0 Å². The lowest BCUT2D eigenvalue weighted by molar-refractivity contribution is 0.0950. The van der Waals surface area contributed by atoms with Crippen LogP contribution in [0.5, 0.6) is 0 Å². The molecule has 1 amide bonds. The Kier molecular flexibility index (Phi) is 5.04. The molecule has 0 atom stereocenters. The third-order valence-electron chi connectivity index (χ3n) is 3.11. The molecule has 6 heteroatoms. The highest BCUT2D eigenvalue weighted by molar-refractivity contribution is 6.36. The molecule has 0 saturated carbocycles. The zero-order chi connectivity index (χ0) is 16.3. The van der Waals surface area contributed by atoms with Gasteiger partial charge >= 0.3 is 0 Å². The van der Waals surface area contributed by atoms with Crippen LogP contribution >= 0.6 is 23.2 Å². The number of hydrogen-bond donors (Lipinski definition) is 1. The summed E-state index contributed by atoms with van der Waals surface area (Å²) in [6, 6.07) is 4.78. The van der Waals surface area contributed by atoms with Gasteiger partial charge in [-0.2, -0.15) is 0 Å². The first-order valence-corrected chi connectivity index (χ1v) is 7.57. The standard InChI is InChI=1S/C16H17Cl2N3O/c1-16(2,3)14-10(7-19-9-21-14)8-20-15(22)12-5-4-11(17)6-13(12)18/h4-7,9H,8H2,1-3H3,(H,20,22). The van der Waals surface area contributed by atoms with Crippen LogP contribution in [0.2, 0.25) is 10.0 Å². The first-order valence-electron chi connectivity index (χ1n) is 6.81. The number of benzene rings is 1. The van der Waals surface area contributed by atoms with E-state index in [0.717, 1.165) is 11.3 Å². The number of amides is 1.